The highest BCUT2D eigenvalue weighted by atomic mass is 14.9. The van der Waals surface area contributed by atoms with Gasteiger partial charge in [-0.05, 0) is 56.1 Å². The van der Waals surface area contributed by atoms with Gasteiger partial charge in [0.05, 0.1) is 11.5 Å². The highest BCUT2D eigenvalue weighted by molar-refractivity contribution is 5.61. The van der Waals surface area contributed by atoms with Crippen molar-refractivity contribution in [1.82, 2.24) is 9.97 Å². The molecule has 0 unspecified atom stereocenters. The summed E-state index contributed by atoms with van der Waals surface area (Å²) in [6.07, 6.45) is 26.1. The van der Waals surface area contributed by atoms with Gasteiger partial charge in [0.25, 0.3) is 0 Å². The summed E-state index contributed by atoms with van der Waals surface area (Å²) in [5.74, 6) is 1.36. The maximum atomic E-state index is 9.95. The van der Waals surface area contributed by atoms with Crippen LogP contribution in [0.1, 0.15) is 140 Å². The molecule has 1 aromatic heterocycles. The van der Waals surface area contributed by atoms with Crippen LogP contribution in [0, 0.1) is 16.7 Å². The van der Waals surface area contributed by atoms with E-state index in [2.05, 4.69) is 44.2 Å². The van der Waals surface area contributed by atoms with Crippen molar-refractivity contribution in [2.24, 2.45) is 5.41 Å². The summed E-state index contributed by atoms with van der Waals surface area (Å²) < 4.78 is 0. The fourth-order valence-corrected chi connectivity index (χ4v) is 5.76. The van der Waals surface area contributed by atoms with Crippen LogP contribution in [0.3, 0.4) is 0 Å². The molecule has 0 aliphatic heterocycles. The number of hydrogen-bond donors (Lipinski definition) is 0. The van der Waals surface area contributed by atoms with E-state index in [1.165, 1.54) is 94.6 Å². The molecule has 0 atom stereocenters. The van der Waals surface area contributed by atoms with Crippen molar-refractivity contribution in [2.45, 2.75) is 135 Å². The highest BCUT2D eigenvalue weighted by Gasteiger charge is 2.36. The summed E-state index contributed by atoms with van der Waals surface area (Å²) in [5.41, 5.74) is 3.59. The molecule has 2 aromatic rings. The maximum Gasteiger partial charge on any atom is 0.131 e. The van der Waals surface area contributed by atoms with Gasteiger partial charge >= 0.3 is 0 Å². The first-order valence-corrected chi connectivity index (χ1v) is 15.0. The SMILES string of the molecule is CCCCCCCCC[C@]1(C#N)CC[C@H](c2ncc(-c3ccc(CCCCCCC)cc3)cn2)CC1. The van der Waals surface area contributed by atoms with E-state index in [1.54, 1.807) is 0 Å². The first kappa shape index (κ1) is 28.4. The van der Waals surface area contributed by atoms with E-state index in [1.807, 2.05) is 12.4 Å². The smallest absolute Gasteiger partial charge is 0.131 e. The Bertz CT molecular complexity index is 886. The lowest BCUT2D eigenvalue weighted by atomic mass is 9.68. The van der Waals surface area contributed by atoms with Gasteiger partial charge in [-0.1, -0.05) is 109 Å². The average Bonchev–Trinajstić information content (AvgIpc) is 2.93. The molecular formula is C33H49N3. The predicted molar refractivity (Wildman–Crippen MR) is 152 cm³/mol. The third-order valence-electron chi connectivity index (χ3n) is 8.33. The Balaban J connectivity index is 1.43. The monoisotopic (exact) mass is 487 g/mol. The average molecular weight is 488 g/mol. The molecule has 3 nitrogen and oxygen atoms in total. The van der Waals surface area contributed by atoms with Gasteiger partial charge in [0.1, 0.15) is 5.82 Å². The second-order valence-corrected chi connectivity index (χ2v) is 11.2. The van der Waals surface area contributed by atoms with Crippen molar-refractivity contribution >= 4 is 0 Å². The second kappa shape index (κ2) is 15.8. The molecule has 0 amide bonds. The van der Waals surface area contributed by atoms with Crippen molar-refractivity contribution in [1.29, 1.82) is 5.26 Å². The third-order valence-corrected chi connectivity index (χ3v) is 8.33. The number of unbranched alkanes of at least 4 members (excludes halogenated alkanes) is 10. The predicted octanol–water partition coefficient (Wildman–Crippen LogP) is 9.96. The fourth-order valence-electron chi connectivity index (χ4n) is 5.76. The molecule has 0 spiro atoms. The van der Waals surface area contributed by atoms with Crippen molar-refractivity contribution in [3.63, 3.8) is 0 Å². The van der Waals surface area contributed by atoms with Crippen LogP contribution in [0.15, 0.2) is 36.7 Å². The Labute approximate surface area is 221 Å². The Morgan fingerprint density at radius 1 is 0.750 bits per heavy atom. The summed E-state index contributed by atoms with van der Waals surface area (Å²) >= 11 is 0. The number of rotatable bonds is 16. The molecule has 1 aromatic carbocycles. The van der Waals surface area contributed by atoms with Crippen molar-refractivity contribution in [3.8, 4) is 17.2 Å². The molecule has 1 aliphatic rings. The molecule has 0 bridgehead atoms. The third kappa shape index (κ3) is 9.02. The summed E-state index contributed by atoms with van der Waals surface area (Å²) in [5, 5.41) is 9.95. The highest BCUT2D eigenvalue weighted by Crippen LogP contribution is 2.45. The Kier molecular flexibility index (Phi) is 12.5. The number of aryl methyl sites for hydroxylation is 1. The molecule has 1 aliphatic carbocycles. The summed E-state index contributed by atoms with van der Waals surface area (Å²) in [4.78, 5) is 9.54. The van der Waals surface area contributed by atoms with Crippen LogP contribution >= 0.6 is 0 Å². The lowest BCUT2D eigenvalue weighted by Crippen LogP contribution is -2.26. The van der Waals surface area contributed by atoms with Crippen molar-refractivity contribution in [2.75, 3.05) is 0 Å². The van der Waals surface area contributed by atoms with E-state index < -0.39 is 0 Å². The van der Waals surface area contributed by atoms with E-state index in [-0.39, 0.29) is 5.41 Å². The summed E-state index contributed by atoms with van der Waals surface area (Å²) in [6.45, 7) is 4.53. The van der Waals surface area contributed by atoms with E-state index in [0.29, 0.717) is 5.92 Å². The minimum atomic E-state index is -0.113. The Hall–Kier alpha value is -2.21. The molecular weight excluding hydrogens is 438 g/mol. The van der Waals surface area contributed by atoms with Gasteiger partial charge in [0, 0.05) is 23.9 Å². The van der Waals surface area contributed by atoms with Gasteiger partial charge in [0.15, 0.2) is 0 Å². The maximum absolute atomic E-state index is 9.95. The normalized spacial score (nSPS) is 19.8. The molecule has 196 valence electrons. The first-order chi connectivity index (χ1) is 17.7. The minimum Gasteiger partial charge on any atom is -0.240 e. The van der Waals surface area contributed by atoms with Crippen molar-refractivity contribution < 1.29 is 0 Å². The number of nitrogens with zero attached hydrogens (tertiary/aromatic N) is 3. The first-order valence-electron chi connectivity index (χ1n) is 15.0. The van der Waals surface area contributed by atoms with E-state index in [4.69, 9.17) is 9.97 Å². The molecule has 0 N–H and O–H groups in total. The van der Waals surface area contributed by atoms with Gasteiger partial charge < -0.3 is 0 Å². The van der Waals surface area contributed by atoms with Crippen molar-refractivity contribution in [3.05, 3.63) is 48.0 Å². The molecule has 3 heteroatoms. The van der Waals surface area contributed by atoms with Gasteiger partial charge in [-0.25, -0.2) is 9.97 Å². The van der Waals surface area contributed by atoms with Gasteiger partial charge in [0.2, 0.25) is 0 Å². The lowest BCUT2D eigenvalue weighted by molar-refractivity contribution is 0.219. The number of hydrogen-bond acceptors (Lipinski definition) is 3. The Morgan fingerprint density at radius 2 is 1.31 bits per heavy atom. The Morgan fingerprint density at radius 3 is 1.89 bits per heavy atom. The largest absolute Gasteiger partial charge is 0.240 e. The zero-order valence-corrected chi connectivity index (χ0v) is 23.1. The molecule has 1 fully saturated rings. The topological polar surface area (TPSA) is 49.6 Å². The standard InChI is InChI=1S/C33H49N3/c1-3-5-7-9-10-12-14-22-33(27-34)23-20-30(21-24-33)32-35-25-31(26-36-32)29-18-16-28(17-19-29)15-13-11-8-6-4-2/h16-19,25-26,30H,3-15,20-24H2,1-2H3/t30-,33-. The van der Waals surface area contributed by atoms with Gasteiger partial charge in [-0.3, -0.25) is 0 Å². The number of benzene rings is 1. The quantitative estimate of drug-likeness (QED) is 0.221. The lowest BCUT2D eigenvalue weighted by Gasteiger charge is -2.34. The zero-order chi connectivity index (χ0) is 25.5. The minimum absolute atomic E-state index is 0.113. The molecule has 1 heterocycles. The molecule has 1 saturated carbocycles. The zero-order valence-electron chi connectivity index (χ0n) is 23.1. The van der Waals surface area contributed by atoms with Crippen LogP contribution in [0.25, 0.3) is 11.1 Å². The second-order valence-electron chi connectivity index (χ2n) is 11.2. The van der Waals surface area contributed by atoms with Gasteiger partial charge in [-0.15, -0.1) is 0 Å². The summed E-state index contributed by atoms with van der Waals surface area (Å²) in [6, 6.07) is 11.7. The molecule has 3 rings (SSSR count). The van der Waals surface area contributed by atoms with Gasteiger partial charge in [-0.2, -0.15) is 5.26 Å². The van der Waals surface area contributed by atoms with E-state index in [0.717, 1.165) is 43.5 Å². The van der Waals surface area contributed by atoms with Crippen LogP contribution in [0.4, 0.5) is 0 Å². The molecule has 0 radical (unpaired) electrons. The van der Waals surface area contributed by atoms with E-state index >= 15 is 0 Å². The van der Waals surface area contributed by atoms with Crippen LogP contribution in [0.5, 0.6) is 0 Å². The molecule has 0 saturated heterocycles. The fraction of sp³-hybridized carbons (Fsp3) is 0.667. The van der Waals surface area contributed by atoms with Crippen LogP contribution in [-0.2, 0) is 6.42 Å². The number of nitriles is 1. The van der Waals surface area contributed by atoms with Crippen LogP contribution in [-0.4, -0.2) is 9.97 Å². The molecule has 36 heavy (non-hydrogen) atoms. The van der Waals surface area contributed by atoms with Crippen LogP contribution in [0.2, 0.25) is 0 Å². The van der Waals surface area contributed by atoms with Crippen LogP contribution < -0.4 is 0 Å². The van der Waals surface area contributed by atoms with E-state index in [9.17, 15) is 5.26 Å². The number of aromatic nitrogens is 2. The summed E-state index contributed by atoms with van der Waals surface area (Å²) in [7, 11) is 0.